The van der Waals surface area contributed by atoms with E-state index in [1.807, 2.05) is 6.07 Å². The first-order chi connectivity index (χ1) is 14.6. The number of Topliss-reactive ketones (excluding diaryl/α,β-unsaturated/α-hetero) is 1. The predicted molar refractivity (Wildman–Crippen MR) is 126 cm³/mol. The Kier molecular flexibility index (Phi) is 13.4. The van der Waals surface area contributed by atoms with Crippen molar-refractivity contribution >= 4 is 44.1 Å². The quantitative estimate of drug-likeness (QED) is 0.119. The summed E-state index contributed by atoms with van der Waals surface area (Å²) in [4.78, 5) is 26.0. The van der Waals surface area contributed by atoms with Crippen molar-refractivity contribution in [2.45, 2.75) is 51.4 Å². The molecule has 164 valence electrons. The number of esters is 1. The number of ketones is 1. The molecule has 30 heavy (non-hydrogen) atoms. The first-order valence-corrected chi connectivity index (χ1v) is 11.4. The first-order valence-electron chi connectivity index (χ1n) is 10.0. The van der Waals surface area contributed by atoms with Gasteiger partial charge in [-0.3, -0.25) is 9.59 Å². The fourth-order valence-corrected chi connectivity index (χ4v) is 3.64. The number of hydrogen-bond donors (Lipinski definition) is 0. The Hall–Kier alpha value is -1.61. The Labute approximate surface area is 190 Å². The molecule has 0 spiro atoms. The van der Waals surface area contributed by atoms with Crippen LogP contribution in [-0.2, 0) is 14.1 Å². The Bertz CT molecular complexity index is 779. The van der Waals surface area contributed by atoms with Crippen molar-refractivity contribution in [1.29, 1.82) is 0 Å². The number of benzene rings is 2. The Morgan fingerprint density at radius 3 is 2.03 bits per heavy atom. The minimum Gasteiger partial charge on any atom is -0.465 e. The van der Waals surface area contributed by atoms with Gasteiger partial charge in [-0.25, -0.2) is 0 Å². The van der Waals surface area contributed by atoms with Crippen LogP contribution in [0.25, 0.3) is 0 Å². The minimum atomic E-state index is -1.08. The van der Waals surface area contributed by atoms with Gasteiger partial charge >= 0.3 is 5.97 Å². The number of carbonyl (C=O) groups is 2. The molecule has 0 aliphatic carbocycles. The highest BCUT2D eigenvalue weighted by Crippen LogP contribution is 2.31. The average molecular weight is 471 g/mol. The Balaban J connectivity index is 0.00000218. The predicted octanol–water partition coefficient (Wildman–Crippen LogP) is 6.80. The minimum absolute atomic E-state index is 0.149. The number of rotatable bonds is 11. The lowest BCUT2D eigenvalue weighted by molar-refractivity contribution is -0.144. The molecule has 4 nitrogen and oxygen atoms in total. The van der Waals surface area contributed by atoms with Gasteiger partial charge in [0.2, 0.25) is 0 Å². The second-order valence-electron chi connectivity index (χ2n) is 6.74. The molecule has 0 aliphatic heterocycles. The van der Waals surface area contributed by atoms with Crippen LogP contribution in [0.15, 0.2) is 48.5 Å². The highest BCUT2D eigenvalue weighted by Gasteiger charge is 2.33. The molecule has 0 radical (unpaired) electrons. The van der Waals surface area contributed by atoms with Crippen molar-refractivity contribution in [1.82, 2.24) is 0 Å². The Morgan fingerprint density at radius 2 is 1.43 bits per heavy atom. The molecule has 0 bridgehead atoms. The van der Waals surface area contributed by atoms with Crippen molar-refractivity contribution in [2.24, 2.45) is 0 Å². The summed E-state index contributed by atoms with van der Waals surface area (Å²) in [6, 6.07) is 13.7. The van der Waals surface area contributed by atoms with Crippen LogP contribution in [0.3, 0.4) is 0 Å². The average Bonchev–Trinajstić information content (AvgIpc) is 2.75. The maximum Gasteiger partial charge on any atom is 0.321 e. The number of ether oxygens (including phenoxy) is 1. The third-order valence-corrected chi connectivity index (χ3v) is 5.21. The zero-order chi connectivity index (χ0) is 22.4. The zero-order valence-corrected chi connectivity index (χ0v) is 20.2. The van der Waals surface area contributed by atoms with E-state index in [0.717, 1.165) is 19.3 Å². The molecule has 0 saturated carbocycles. The SMILES string of the molecule is CCCCCCCCOC(=O)C(C(=O)c1c(Cl)cccc1Cl)c1ccccc1.O=[PH3]. The summed E-state index contributed by atoms with van der Waals surface area (Å²) in [7, 11) is 0.611. The number of unbranched alkanes of at least 4 members (excludes halogenated alkanes) is 5. The monoisotopic (exact) mass is 470 g/mol. The summed E-state index contributed by atoms with van der Waals surface area (Å²) < 4.78 is 13.7. The van der Waals surface area contributed by atoms with Gasteiger partial charge in [0.1, 0.15) is 5.92 Å². The zero-order valence-electron chi connectivity index (χ0n) is 17.2. The lowest BCUT2D eigenvalue weighted by Crippen LogP contribution is -2.25. The van der Waals surface area contributed by atoms with E-state index < -0.39 is 17.7 Å². The Morgan fingerprint density at radius 1 is 0.867 bits per heavy atom. The molecular weight excluding hydrogens is 442 g/mol. The van der Waals surface area contributed by atoms with Crippen LogP contribution in [0.1, 0.15) is 67.3 Å². The van der Waals surface area contributed by atoms with Crippen molar-refractivity contribution < 1.29 is 18.9 Å². The number of halogens is 2. The third-order valence-electron chi connectivity index (χ3n) is 4.58. The van der Waals surface area contributed by atoms with Gasteiger partial charge in [0.25, 0.3) is 0 Å². The van der Waals surface area contributed by atoms with Crippen LogP contribution in [0.5, 0.6) is 0 Å². The fraction of sp³-hybridized carbons (Fsp3) is 0.391. The smallest absolute Gasteiger partial charge is 0.321 e. The second-order valence-corrected chi connectivity index (χ2v) is 7.55. The van der Waals surface area contributed by atoms with Gasteiger partial charge in [-0.2, -0.15) is 0 Å². The van der Waals surface area contributed by atoms with Crippen molar-refractivity contribution in [3.63, 3.8) is 0 Å². The summed E-state index contributed by atoms with van der Waals surface area (Å²) in [5.41, 5.74) is 0.715. The van der Waals surface area contributed by atoms with E-state index in [-0.39, 0.29) is 15.6 Å². The van der Waals surface area contributed by atoms with Crippen LogP contribution in [0.4, 0.5) is 0 Å². The highest BCUT2D eigenvalue weighted by atomic mass is 35.5. The normalized spacial score (nSPS) is 11.3. The number of carbonyl (C=O) groups excluding carboxylic acids is 2. The largest absolute Gasteiger partial charge is 0.465 e. The topological polar surface area (TPSA) is 60.4 Å². The molecule has 2 aromatic rings. The summed E-state index contributed by atoms with van der Waals surface area (Å²) in [6.45, 7) is 2.48. The molecule has 0 heterocycles. The molecule has 0 aromatic heterocycles. The molecular formula is C23H29Cl2O4P. The van der Waals surface area contributed by atoms with Gasteiger partial charge in [-0.15, -0.1) is 0 Å². The lowest BCUT2D eigenvalue weighted by atomic mass is 9.90. The van der Waals surface area contributed by atoms with Crippen LogP contribution < -0.4 is 0 Å². The molecule has 0 amide bonds. The summed E-state index contributed by atoms with van der Waals surface area (Å²) >= 11 is 12.4. The number of hydrogen-bond acceptors (Lipinski definition) is 4. The van der Waals surface area contributed by atoms with Crippen LogP contribution in [-0.4, -0.2) is 18.4 Å². The molecule has 0 saturated heterocycles. The van der Waals surface area contributed by atoms with E-state index in [4.69, 9.17) is 32.5 Å². The van der Waals surface area contributed by atoms with Crippen molar-refractivity contribution in [3.05, 3.63) is 69.7 Å². The van der Waals surface area contributed by atoms with E-state index >= 15 is 0 Å². The molecule has 0 aliphatic rings. The van der Waals surface area contributed by atoms with E-state index in [1.165, 1.54) is 19.3 Å². The maximum absolute atomic E-state index is 13.2. The van der Waals surface area contributed by atoms with Gasteiger partial charge in [0.15, 0.2) is 5.78 Å². The lowest BCUT2D eigenvalue weighted by Gasteiger charge is -2.17. The van der Waals surface area contributed by atoms with E-state index in [1.54, 1.807) is 42.5 Å². The van der Waals surface area contributed by atoms with Crippen LogP contribution in [0, 0.1) is 0 Å². The van der Waals surface area contributed by atoms with E-state index in [0.29, 0.717) is 21.3 Å². The van der Waals surface area contributed by atoms with Crippen molar-refractivity contribution in [3.8, 4) is 0 Å². The summed E-state index contributed by atoms with van der Waals surface area (Å²) in [5, 5.41) is 0.448. The molecule has 0 N–H and O–H groups in total. The van der Waals surface area contributed by atoms with Crippen LogP contribution >= 0.6 is 32.3 Å². The van der Waals surface area contributed by atoms with Gasteiger partial charge in [0.05, 0.1) is 31.3 Å². The maximum atomic E-state index is 13.2. The van der Waals surface area contributed by atoms with Gasteiger partial charge in [-0.1, -0.05) is 98.6 Å². The van der Waals surface area contributed by atoms with Gasteiger partial charge < -0.3 is 9.30 Å². The molecule has 2 rings (SSSR count). The van der Waals surface area contributed by atoms with Gasteiger partial charge in [-0.05, 0) is 24.1 Å². The molecule has 2 atom stereocenters. The standard InChI is InChI=1S/C23H26Cl2O3.H3OP/c1-2-3-4-5-6-10-16-28-23(27)20(17-12-8-7-9-13-17)22(26)21-18(24)14-11-15-19(21)25;1-2/h7-9,11-15,20H,2-6,10,16H2,1H3;2H3. The fourth-order valence-electron chi connectivity index (χ4n) is 3.06. The highest BCUT2D eigenvalue weighted by molar-refractivity contribution is 7.00. The first kappa shape index (κ1) is 26.4. The van der Waals surface area contributed by atoms with E-state index in [9.17, 15) is 9.59 Å². The molecule has 0 fully saturated rings. The van der Waals surface area contributed by atoms with Crippen molar-refractivity contribution in [2.75, 3.05) is 6.61 Å². The molecule has 2 aromatic carbocycles. The van der Waals surface area contributed by atoms with E-state index in [2.05, 4.69) is 6.92 Å². The second kappa shape index (κ2) is 15.2. The molecule has 2 unspecified atom stereocenters. The van der Waals surface area contributed by atoms with Crippen LogP contribution in [0.2, 0.25) is 10.0 Å². The third kappa shape index (κ3) is 8.26. The van der Waals surface area contributed by atoms with Gasteiger partial charge in [0, 0.05) is 0 Å². The molecule has 7 heteroatoms. The summed E-state index contributed by atoms with van der Waals surface area (Å²) in [5.74, 6) is -2.10. The summed E-state index contributed by atoms with van der Waals surface area (Å²) in [6.07, 6.45) is 6.54.